The summed E-state index contributed by atoms with van der Waals surface area (Å²) < 4.78 is 23.7. The van der Waals surface area contributed by atoms with E-state index in [9.17, 15) is 4.39 Å². The Hall–Kier alpha value is -0.930. The summed E-state index contributed by atoms with van der Waals surface area (Å²) in [6.45, 7) is 2.57. The summed E-state index contributed by atoms with van der Waals surface area (Å²) in [4.78, 5) is 0. The Bertz CT molecular complexity index is 383. The normalized spacial score (nSPS) is 22.4. The number of ether oxygens (including phenoxy) is 2. The molecular formula is C18H27FO2. The highest BCUT2D eigenvalue weighted by atomic mass is 19.1. The first-order chi connectivity index (χ1) is 10.3. The zero-order valence-corrected chi connectivity index (χ0v) is 13.0. The van der Waals surface area contributed by atoms with Crippen LogP contribution in [0.1, 0.15) is 50.0 Å². The molecule has 0 amide bonds. The summed E-state index contributed by atoms with van der Waals surface area (Å²) in [7, 11) is 1.74. The molecule has 3 heteroatoms. The fourth-order valence-electron chi connectivity index (χ4n) is 3.10. The van der Waals surface area contributed by atoms with Crippen LogP contribution in [0, 0.1) is 11.7 Å². The van der Waals surface area contributed by atoms with Gasteiger partial charge in [0.25, 0.3) is 0 Å². The third kappa shape index (κ3) is 5.76. The largest absolute Gasteiger partial charge is 0.385 e. The maximum absolute atomic E-state index is 12.9. The highest BCUT2D eigenvalue weighted by Crippen LogP contribution is 2.35. The maximum Gasteiger partial charge on any atom is 0.123 e. The SMILES string of the molecule is COCCCCOCC1CCC(c2ccc(F)cc2)CC1. The Morgan fingerprint density at radius 2 is 1.67 bits per heavy atom. The molecule has 0 N–H and O–H groups in total. The fraction of sp³-hybridized carbons (Fsp3) is 0.667. The van der Waals surface area contributed by atoms with E-state index in [2.05, 4.69) is 0 Å². The van der Waals surface area contributed by atoms with Crippen molar-refractivity contribution in [3.63, 3.8) is 0 Å². The van der Waals surface area contributed by atoms with Crippen molar-refractivity contribution in [1.82, 2.24) is 0 Å². The van der Waals surface area contributed by atoms with Crippen LogP contribution in [0.2, 0.25) is 0 Å². The van der Waals surface area contributed by atoms with Gasteiger partial charge >= 0.3 is 0 Å². The van der Waals surface area contributed by atoms with E-state index in [1.807, 2.05) is 12.1 Å². The molecule has 2 nitrogen and oxygen atoms in total. The monoisotopic (exact) mass is 294 g/mol. The summed E-state index contributed by atoms with van der Waals surface area (Å²) >= 11 is 0. The first-order valence-corrected chi connectivity index (χ1v) is 8.11. The molecule has 1 aromatic carbocycles. The summed E-state index contributed by atoms with van der Waals surface area (Å²) in [6, 6.07) is 7.02. The van der Waals surface area contributed by atoms with Crippen molar-refractivity contribution in [3.05, 3.63) is 35.6 Å². The number of benzene rings is 1. The van der Waals surface area contributed by atoms with Crippen LogP contribution in [0.4, 0.5) is 4.39 Å². The van der Waals surface area contributed by atoms with Crippen LogP contribution in [-0.2, 0) is 9.47 Å². The van der Waals surface area contributed by atoms with Crippen molar-refractivity contribution in [2.45, 2.75) is 44.4 Å². The molecule has 0 bridgehead atoms. The van der Waals surface area contributed by atoms with Crippen LogP contribution < -0.4 is 0 Å². The lowest BCUT2D eigenvalue weighted by Crippen LogP contribution is -2.18. The van der Waals surface area contributed by atoms with Gasteiger partial charge in [0.15, 0.2) is 0 Å². The molecular weight excluding hydrogens is 267 g/mol. The Kier molecular flexibility index (Phi) is 7.17. The van der Waals surface area contributed by atoms with Gasteiger partial charge in [0.05, 0.1) is 0 Å². The molecule has 0 radical (unpaired) electrons. The number of hydrogen-bond acceptors (Lipinski definition) is 2. The number of methoxy groups -OCH3 is 1. The van der Waals surface area contributed by atoms with Crippen LogP contribution in [0.25, 0.3) is 0 Å². The predicted molar refractivity (Wildman–Crippen MR) is 83.0 cm³/mol. The third-order valence-electron chi connectivity index (χ3n) is 4.43. The molecule has 2 rings (SSSR count). The first kappa shape index (κ1) is 16.4. The molecule has 0 unspecified atom stereocenters. The first-order valence-electron chi connectivity index (χ1n) is 8.11. The van der Waals surface area contributed by atoms with Gasteiger partial charge in [-0.15, -0.1) is 0 Å². The van der Waals surface area contributed by atoms with Crippen molar-refractivity contribution >= 4 is 0 Å². The van der Waals surface area contributed by atoms with Gasteiger partial charge in [-0.25, -0.2) is 4.39 Å². The van der Waals surface area contributed by atoms with E-state index in [-0.39, 0.29) is 5.82 Å². The van der Waals surface area contributed by atoms with Crippen LogP contribution >= 0.6 is 0 Å². The fourth-order valence-corrected chi connectivity index (χ4v) is 3.10. The molecule has 118 valence electrons. The lowest BCUT2D eigenvalue weighted by molar-refractivity contribution is 0.0756. The van der Waals surface area contributed by atoms with Crippen LogP contribution in [-0.4, -0.2) is 26.9 Å². The van der Waals surface area contributed by atoms with E-state index in [0.29, 0.717) is 11.8 Å². The molecule has 1 aliphatic rings. The molecule has 0 aliphatic heterocycles. The van der Waals surface area contributed by atoms with Gasteiger partial charge < -0.3 is 9.47 Å². The topological polar surface area (TPSA) is 18.5 Å². The average Bonchev–Trinajstić information content (AvgIpc) is 2.52. The van der Waals surface area contributed by atoms with Gasteiger partial charge in [-0.3, -0.25) is 0 Å². The summed E-state index contributed by atoms with van der Waals surface area (Å²) in [5, 5.41) is 0. The van der Waals surface area contributed by atoms with Crippen molar-refractivity contribution < 1.29 is 13.9 Å². The molecule has 0 spiro atoms. The summed E-state index contributed by atoms with van der Waals surface area (Å²) in [6.07, 6.45) is 7.00. The minimum atomic E-state index is -0.144. The minimum Gasteiger partial charge on any atom is -0.385 e. The van der Waals surface area contributed by atoms with E-state index in [1.54, 1.807) is 19.2 Å². The zero-order chi connectivity index (χ0) is 14.9. The second kappa shape index (κ2) is 9.16. The smallest absolute Gasteiger partial charge is 0.123 e. The minimum absolute atomic E-state index is 0.144. The zero-order valence-electron chi connectivity index (χ0n) is 13.0. The quantitative estimate of drug-likeness (QED) is 0.655. The molecule has 0 atom stereocenters. The maximum atomic E-state index is 12.9. The van der Waals surface area contributed by atoms with Crippen molar-refractivity contribution in [2.24, 2.45) is 5.92 Å². The summed E-state index contributed by atoms with van der Waals surface area (Å²) in [5.41, 5.74) is 1.29. The van der Waals surface area contributed by atoms with Crippen molar-refractivity contribution in [3.8, 4) is 0 Å². The van der Waals surface area contributed by atoms with Crippen LogP contribution in [0.15, 0.2) is 24.3 Å². The molecule has 0 aromatic heterocycles. The van der Waals surface area contributed by atoms with Crippen LogP contribution in [0.3, 0.4) is 0 Å². The molecule has 1 fully saturated rings. The Morgan fingerprint density at radius 3 is 2.33 bits per heavy atom. The summed E-state index contributed by atoms with van der Waals surface area (Å²) in [5.74, 6) is 1.15. The van der Waals surface area contributed by atoms with E-state index in [1.165, 1.54) is 31.2 Å². The molecule has 21 heavy (non-hydrogen) atoms. The standard InChI is InChI=1S/C18H27FO2/c1-20-12-2-3-13-21-14-15-4-6-16(7-5-15)17-8-10-18(19)11-9-17/h8-11,15-16H,2-7,12-14H2,1H3. The highest BCUT2D eigenvalue weighted by molar-refractivity contribution is 5.20. The van der Waals surface area contributed by atoms with Crippen molar-refractivity contribution in [2.75, 3.05) is 26.9 Å². The van der Waals surface area contributed by atoms with Crippen molar-refractivity contribution in [1.29, 1.82) is 0 Å². The highest BCUT2D eigenvalue weighted by Gasteiger charge is 2.22. The molecule has 1 saturated carbocycles. The Balaban J connectivity index is 1.61. The lowest BCUT2D eigenvalue weighted by atomic mass is 9.79. The lowest BCUT2D eigenvalue weighted by Gasteiger charge is -2.28. The Labute approximate surface area is 127 Å². The molecule has 0 saturated heterocycles. The molecule has 1 aromatic rings. The van der Waals surface area contributed by atoms with Gasteiger partial charge in [-0.2, -0.15) is 0 Å². The van der Waals surface area contributed by atoms with E-state index < -0.39 is 0 Å². The number of rotatable bonds is 8. The number of hydrogen-bond donors (Lipinski definition) is 0. The van der Waals surface area contributed by atoms with Gasteiger partial charge in [0.2, 0.25) is 0 Å². The second-order valence-corrected chi connectivity index (χ2v) is 6.04. The second-order valence-electron chi connectivity index (χ2n) is 6.04. The van der Waals surface area contributed by atoms with E-state index >= 15 is 0 Å². The van der Waals surface area contributed by atoms with Gasteiger partial charge in [-0.05, 0) is 68.1 Å². The third-order valence-corrected chi connectivity index (χ3v) is 4.43. The van der Waals surface area contributed by atoms with Gasteiger partial charge in [-0.1, -0.05) is 12.1 Å². The molecule has 1 aliphatic carbocycles. The number of halogens is 1. The van der Waals surface area contributed by atoms with Crippen LogP contribution in [0.5, 0.6) is 0 Å². The van der Waals surface area contributed by atoms with E-state index in [4.69, 9.17) is 9.47 Å². The van der Waals surface area contributed by atoms with E-state index in [0.717, 1.165) is 32.7 Å². The average molecular weight is 294 g/mol. The van der Waals surface area contributed by atoms with Gasteiger partial charge in [0.1, 0.15) is 5.82 Å². The molecule has 0 heterocycles. The Morgan fingerprint density at radius 1 is 1.00 bits per heavy atom. The number of unbranched alkanes of at least 4 members (excludes halogenated alkanes) is 1. The van der Waals surface area contributed by atoms with Gasteiger partial charge in [0, 0.05) is 26.9 Å². The predicted octanol–water partition coefficient (Wildman–Crippen LogP) is 4.54.